The van der Waals surface area contributed by atoms with Gasteiger partial charge in [0, 0.05) is 32.1 Å². The number of aryl methyl sites for hydroxylation is 1. The maximum absolute atomic E-state index is 12.2. The standard InChI is InChI=1S/C15H23ClN4O/c1-4-7-12-17-14(16)11(2)15(18-12)19(3)10-13(21)20-8-5-6-9-20/h4-10H2,1-3H3. The smallest absolute Gasteiger partial charge is 0.242 e. The third kappa shape index (κ3) is 3.84. The van der Waals surface area contributed by atoms with Crippen LogP contribution in [-0.2, 0) is 11.2 Å². The zero-order valence-electron chi connectivity index (χ0n) is 13.0. The normalized spacial score (nSPS) is 14.6. The Kier molecular flexibility index (Phi) is 5.39. The lowest BCUT2D eigenvalue weighted by molar-refractivity contribution is -0.128. The van der Waals surface area contributed by atoms with E-state index in [1.807, 2.05) is 23.8 Å². The molecule has 2 rings (SSSR count). The van der Waals surface area contributed by atoms with Gasteiger partial charge in [0.25, 0.3) is 0 Å². The number of carbonyl (C=O) groups excluding carboxylic acids is 1. The lowest BCUT2D eigenvalue weighted by Gasteiger charge is -2.23. The van der Waals surface area contributed by atoms with Gasteiger partial charge in [-0.15, -0.1) is 0 Å². The lowest BCUT2D eigenvalue weighted by Crippen LogP contribution is -2.38. The van der Waals surface area contributed by atoms with Crippen LogP contribution in [-0.4, -0.2) is 47.5 Å². The molecule has 0 spiro atoms. The van der Waals surface area contributed by atoms with Crippen LogP contribution in [0.3, 0.4) is 0 Å². The van der Waals surface area contributed by atoms with Crippen LogP contribution in [0.15, 0.2) is 0 Å². The first-order chi connectivity index (χ1) is 10.0. The Hall–Kier alpha value is -1.36. The largest absolute Gasteiger partial charge is 0.350 e. The summed E-state index contributed by atoms with van der Waals surface area (Å²) in [5.41, 5.74) is 0.827. The summed E-state index contributed by atoms with van der Waals surface area (Å²) in [5, 5.41) is 0.476. The van der Waals surface area contributed by atoms with Gasteiger partial charge in [0.2, 0.25) is 5.91 Å². The highest BCUT2D eigenvalue weighted by Crippen LogP contribution is 2.23. The van der Waals surface area contributed by atoms with Crippen LogP contribution in [0.4, 0.5) is 5.82 Å². The minimum absolute atomic E-state index is 0.154. The van der Waals surface area contributed by atoms with Crippen LogP contribution in [0.1, 0.15) is 37.6 Å². The fraction of sp³-hybridized carbons (Fsp3) is 0.667. The van der Waals surface area contributed by atoms with Gasteiger partial charge in [-0.25, -0.2) is 9.97 Å². The Balaban J connectivity index is 2.13. The van der Waals surface area contributed by atoms with E-state index in [4.69, 9.17) is 11.6 Å². The molecule has 0 atom stereocenters. The zero-order chi connectivity index (χ0) is 15.4. The third-order valence-electron chi connectivity index (χ3n) is 3.77. The molecule has 116 valence electrons. The maximum atomic E-state index is 12.2. The van der Waals surface area contributed by atoms with E-state index in [2.05, 4.69) is 16.9 Å². The Bertz CT molecular complexity index is 515. The van der Waals surface area contributed by atoms with E-state index in [1.54, 1.807) is 0 Å². The van der Waals surface area contributed by atoms with Gasteiger partial charge in [-0.05, 0) is 26.2 Å². The summed E-state index contributed by atoms with van der Waals surface area (Å²) in [5.74, 6) is 1.65. The summed E-state index contributed by atoms with van der Waals surface area (Å²) in [6.07, 6.45) is 3.97. The van der Waals surface area contributed by atoms with E-state index in [0.29, 0.717) is 11.7 Å². The van der Waals surface area contributed by atoms with E-state index < -0.39 is 0 Å². The molecule has 0 aliphatic carbocycles. The van der Waals surface area contributed by atoms with Gasteiger partial charge in [-0.1, -0.05) is 18.5 Å². The molecule has 1 aliphatic heterocycles. The van der Waals surface area contributed by atoms with Gasteiger partial charge in [0.05, 0.1) is 6.54 Å². The van der Waals surface area contributed by atoms with Gasteiger partial charge in [-0.3, -0.25) is 4.79 Å². The minimum Gasteiger partial charge on any atom is -0.350 e. The van der Waals surface area contributed by atoms with Crippen LogP contribution in [0.2, 0.25) is 5.15 Å². The molecular weight excluding hydrogens is 288 g/mol. The molecule has 0 unspecified atom stereocenters. The second-order valence-electron chi connectivity index (χ2n) is 5.57. The molecule has 1 saturated heterocycles. The molecule has 0 N–H and O–H groups in total. The van der Waals surface area contributed by atoms with Crippen molar-refractivity contribution in [3.8, 4) is 0 Å². The van der Waals surface area contributed by atoms with Gasteiger partial charge >= 0.3 is 0 Å². The highest BCUT2D eigenvalue weighted by molar-refractivity contribution is 6.30. The number of aromatic nitrogens is 2. The summed E-state index contributed by atoms with van der Waals surface area (Å²) in [6.45, 7) is 6.05. The first-order valence-corrected chi connectivity index (χ1v) is 7.92. The first kappa shape index (κ1) is 16.0. The van der Waals surface area contributed by atoms with Crippen molar-refractivity contribution in [1.82, 2.24) is 14.9 Å². The van der Waals surface area contributed by atoms with Gasteiger partial charge < -0.3 is 9.80 Å². The molecule has 21 heavy (non-hydrogen) atoms. The van der Waals surface area contributed by atoms with Crippen LogP contribution in [0, 0.1) is 6.92 Å². The molecule has 2 heterocycles. The van der Waals surface area contributed by atoms with Crippen LogP contribution in [0.5, 0.6) is 0 Å². The van der Waals surface area contributed by atoms with Crippen molar-refractivity contribution in [2.45, 2.75) is 39.5 Å². The zero-order valence-corrected chi connectivity index (χ0v) is 13.8. The topological polar surface area (TPSA) is 49.3 Å². The summed E-state index contributed by atoms with van der Waals surface area (Å²) in [4.78, 5) is 24.9. The van der Waals surface area contributed by atoms with Crippen molar-refractivity contribution in [2.24, 2.45) is 0 Å². The van der Waals surface area contributed by atoms with E-state index in [0.717, 1.165) is 56.0 Å². The van der Waals surface area contributed by atoms with Gasteiger partial charge in [0.15, 0.2) is 0 Å². The van der Waals surface area contributed by atoms with Crippen molar-refractivity contribution >= 4 is 23.3 Å². The number of amides is 1. The van der Waals surface area contributed by atoms with E-state index in [-0.39, 0.29) is 5.91 Å². The second-order valence-corrected chi connectivity index (χ2v) is 5.93. The predicted octanol–water partition coefficient (Wildman–Crippen LogP) is 2.45. The molecule has 1 fully saturated rings. The highest BCUT2D eigenvalue weighted by Gasteiger charge is 2.21. The van der Waals surface area contributed by atoms with Crippen LogP contribution in [0.25, 0.3) is 0 Å². The second kappa shape index (κ2) is 7.07. The minimum atomic E-state index is 0.154. The molecule has 0 aromatic carbocycles. The lowest BCUT2D eigenvalue weighted by atomic mass is 10.2. The number of hydrogen-bond donors (Lipinski definition) is 0. The number of anilines is 1. The van der Waals surface area contributed by atoms with E-state index >= 15 is 0 Å². The molecule has 0 saturated carbocycles. The van der Waals surface area contributed by atoms with Crippen molar-refractivity contribution in [1.29, 1.82) is 0 Å². The number of rotatable bonds is 5. The molecule has 1 aromatic heterocycles. The van der Waals surface area contributed by atoms with Crippen LogP contribution >= 0.6 is 11.6 Å². The van der Waals surface area contributed by atoms with Gasteiger partial charge in [0.1, 0.15) is 16.8 Å². The number of hydrogen-bond acceptors (Lipinski definition) is 4. The Labute approximate surface area is 131 Å². The summed E-state index contributed by atoms with van der Waals surface area (Å²) in [6, 6.07) is 0. The average molecular weight is 311 g/mol. The Morgan fingerprint density at radius 2 is 2.00 bits per heavy atom. The first-order valence-electron chi connectivity index (χ1n) is 7.54. The molecular formula is C15H23ClN4O. The monoisotopic (exact) mass is 310 g/mol. The molecule has 1 aliphatic rings. The summed E-state index contributed by atoms with van der Waals surface area (Å²) < 4.78 is 0. The highest BCUT2D eigenvalue weighted by atomic mass is 35.5. The SMILES string of the molecule is CCCc1nc(Cl)c(C)c(N(C)CC(=O)N2CCCC2)n1. The molecule has 1 amide bonds. The van der Waals surface area contributed by atoms with E-state index in [9.17, 15) is 4.79 Å². The molecule has 1 aromatic rings. The fourth-order valence-electron chi connectivity index (χ4n) is 2.57. The Morgan fingerprint density at radius 1 is 1.33 bits per heavy atom. The maximum Gasteiger partial charge on any atom is 0.242 e. The molecule has 0 radical (unpaired) electrons. The third-order valence-corrected chi connectivity index (χ3v) is 4.14. The quantitative estimate of drug-likeness (QED) is 0.784. The summed E-state index contributed by atoms with van der Waals surface area (Å²) in [7, 11) is 1.88. The van der Waals surface area contributed by atoms with Crippen molar-refractivity contribution in [3.63, 3.8) is 0 Å². The molecule has 6 heteroatoms. The van der Waals surface area contributed by atoms with E-state index in [1.165, 1.54) is 0 Å². The number of halogens is 1. The molecule has 5 nitrogen and oxygen atoms in total. The van der Waals surface area contributed by atoms with Crippen LogP contribution < -0.4 is 4.90 Å². The number of likely N-dealkylation sites (tertiary alicyclic amines) is 1. The van der Waals surface area contributed by atoms with Crippen molar-refractivity contribution in [2.75, 3.05) is 31.6 Å². The Morgan fingerprint density at radius 3 is 2.62 bits per heavy atom. The van der Waals surface area contributed by atoms with Gasteiger partial charge in [-0.2, -0.15) is 0 Å². The number of likely N-dealkylation sites (N-methyl/N-ethyl adjacent to an activating group) is 1. The summed E-state index contributed by atoms with van der Waals surface area (Å²) >= 11 is 6.19. The van der Waals surface area contributed by atoms with Crippen molar-refractivity contribution in [3.05, 3.63) is 16.5 Å². The predicted molar refractivity (Wildman–Crippen MR) is 84.9 cm³/mol. The van der Waals surface area contributed by atoms with Crippen molar-refractivity contribution < 1.29 is 4.79 Å². The number of nitrogens with zero attached hydrogens (tertiary/aromatic N) is 4. The average Bonchev–Trinajstić information content (AvgIpc) is 2.97. The molecule has 0 bridgehead atoms. The fourth-order valence-corrected chi connectivity index (χ4v) is 2.75. The number of carbonyl (C=O) groups is 1.